The van der Waals surface area contributed by atoms with Gasteiger partial charge in [-0.25, -0.2) is 4.68 Å². The fourth-order valence-corrected chi connectivity index (χ4v) is 2.11. The van der Waals surface area contributed by atoms with Crippen molar-refractivity contribution in [1.82, 2.24) is 20.2 Å². The Labute approximate surface area is 88.8 Å². The topological polar surface area (TPSA) is 78.8 Å². The summed E-state index contributed by atoms with van der Waals surface area (Å²) in [6.45, 7) is 1.89. The summed E-state index contributed by atoms with van der Waals surface area (Å²) in [6.07, 6.45) is 3.43. The van der Waals surface area contributed by atoms with Gasteiger partial charge >= 0.3 is 0 Å². The molecule has 0 bridgehead atoms. The standard InChI is InChI=1S/C9H17N5O/c1-6(10)9-11-12-13-14(9)7-3-4-8(5-7)15-2/h6-8H,3-5,10H2,1-2H3. The SMILES string of the molecule is COC1CCC(n2nnnc2C(C)N)C1. The van der Waals surface area contributed by atoms with E-state index in [4.69, 9.17) is 10.5 Å². The molecule has 1 heterocycles. The maximum absolute atomic E-state index is 5.80. The molecule has 84 valence electrons. The molecule has 6 heteroatoms. The third-order valence-electron chi connectivity index (χ3n) is 2.96. The lowest BCUT2D eigenvalue weighted by Crippen LogP contribution is -2.18. The van der Waals surface area contributed by atoms with Crippen molar-refractivity contribution in [1.29, 1.82) is 0 Å². The maximum atomic E-state index is 5.80. The molecule has 15 heavy (non-hydrogen) atoms. The van der Waals surface area contributed by atoms with E-state index in [1.165, 1.54) is 0 Å². The quantitative estimate of drug-likeness (QED) is 0.784. The van der Waals surface area contributed by atoms with Gasteiger partial charge in [0.05, 0.1) is 18.2 Å². The number of hydrogen-bond donors (Lipinski definition) is 1. The molecule has 3 atom stereocenters. The van der Waals surface area contributed by atoms with E-state index in [0.717, 1.165) is 25.1 Å². The first-order valence-corrected chi connectivity index (χ1v) is 5.28. The van der Waals surface area contributed by atoms with Crippen molar-refractivity contribution in [3.63, 3.8) is 0 Å². The zero-order valence-corrected chi connectivity index (χ0v) is 9.13. The summed E-state index contributed by atoms with van der Waals surface area (Å²) in [6, 6.07) is 0.215. The van der Waals surface area contributed by atoms with Crippen molar-refractivity contribution < 1.29 is 4.74 Å². The van der Waals surface area contributed by atoms with Crippen molar-refractivity contribution in [2.75, 3.05) is 7.11 Å². The molecule has 1 aromatic rings. The highest BCUT2D eigenvalue weighted by Crippen LogP contribution is 2.31. The number of aromatic nitrogens is 4. The lowest BCUT2D eigenvalue weighted by Gasteiger charge is -2.13. The number of methoxy groups -OCH3 is 1. The minimum atomic E-state index is -0.124. The lowest BCUT2D eigenvalue weighted by atomic mass is 10.2. The second-order valence-electron chi connectivity index (χ2n) is 4.09. The zero-order valence-electron chi connectivity index (χ0n) is 9.13. The van der Waals surface area contributed by atoms with Crippen molar-refractivity contribution in [3.8, 4) is 0 Å². The molecule has 0 aliphatic heterocycles. The molecule has 1 saturated carbocycles. The van der Waals surface area contributed by atoms with E-state index in [0.29, 0.717) is 12.1 Å². The fraction of sp³-hybridized carbons (Fsp3) is 0.889. The molecule has 2 rings (SSSR count). The highest BCUT2D eigenvalue weighted by molar-refractivity contribution is 4.92. The van der Waals surface area contributed by atoms with Crippen LogP contribution in [0.25, 0.3) is 0 Å². The monoisotopic (exact) mass is 211 g/mol. The van der Waals surface area contributed by atoms with Crippen LogP contribution in [0.2, 0.25) is 0 Å². The molecule has 1 aliphatic rings. The molecule has 0 amide bonds. The molecule has 1 fully saturated rings. The number of nitrogens with two attached hydrogens (primary N) is 1. The second kappa shape index (κ2) is 4.24. The minimum absolute atomic E-state index is 0.124. The number of rotatable bonds is 3. The molecule has 0 radical (unpaired) electrons. The Morgan fingerprint density at radius 3 is 2.93 bits per heavy atom. The van der Waals surface area contributed by atoms with Gasteiger partial charge in [0.2, 0.25) is 0 Å². The van der Waals surface area contributed by atoms with Gasteiger partial charge in [0.15, 0.2) is 5.82 Å². The highest BCUT2D eigenvalue weighted by Gasteiger charge is 2.29. The predicted octanol–water partition coefficient (Wildman–Crippen LogP) is 0.433. The van der Waals surface area contributed by atoms with E-state index in [-0.39, 0.29) is 6.04 Å². The Bertz CT molecular complexity index is 324. The molecule has 0 saturated heterocycles. The second-order valence-corrected chi connectivity index (χ2v) is 4.09. The average molecular weight is 211 g/mol. The van der Waals surface area contributed by atoms with Crippen LogP contribution in [0.15, 0.2) is 0 Å². The zero-order chi connectivity index (χ0) is 10.8. The summed E-state index contributed by atoms with van der Waals surface area (Å²) in [4.78, 5) is 0. The molecule has 6 nitrogen and oxygen atoms in total. The van der Waals surface area contributed by atoms with Gasteiger partial charge in [-0.3, -0.25) is 0 Å². The van der Waals surface area contributed by atoms with Crippen LogP contribution >= 0.6 is 0 Å². The van der Waals surface area contributed by atoms with Crippen molar-refractivity contribution in [3.05, 3.63) is 5.82 Å². The number of hydrogen-bond acceptors (Lipinski definition) is 5. The highest BCUT2D eigenvalue weighted by atomic mass is 16.5. The van der Waals surface area contributed by atoms with Crippen molar-refractivity contribution in [2.24, 2.45) is 5.73 Å². The van der Waals surface area contributed by atoms with E-state index in [2.05, 4.69) is 15.5 Å². The molecule has 0 spiro atoms. The van der Waals surface area contributed by atoms with E-state index in [1.54, 1.807) is 7.11 Å². The van der Waals surface area contributed by atoms with Crippen molar-refractivity contribution in [2.45, 2.75) is 44.4 Å². The number of ether oxygens (including phenoxy) is 1. The van der Waals surface area contributed by atoms with Crippen LogP contribution in [0.5, 0.6) is 0 Å². The maximum Gasteiger partial charge on any atom is 0.167 e. The van der Waals surface area contributed by atoms with Crippen LogP contribution in [-0.2, 0) is 4.74 Å². The smallest absolute Gasteiger partial charge is 0.167 e. The third-order valence-corrected chi connectivity index (χ3v) is 2.96. The molecule has 3 unspecified atom stereocenters. The van der Waals surface area contributed by atoms with Gasteiger partial charge < -0.3 is 10.5 Å². The predicted molar refractivity (Wildman–Crippen MR) is 54.1 cm³/mol. The van der Waals surface area contributed by atoms with E-state index in [9.17, 15) is 0 Å². The first kappa shape index (κ1) is 10.5. The molecular formula is C9H17N5O. The van der Waals surface area contributed by atoms with Gasteiger partial charge in [-0.15, -0.1) is 5.10 Å². The summed E-state index contributed by atoms with van der Waals surface area (Å²) in [5, 5.41) is 11.6. The summed E-state index contributed by atoms with van der Waals surface area (Å²) in [5.41, 5.74) is 5.80. The van der Waals surface area contributed by atoms with Gasteiger partial charge in [-0.2, -0.15) is 0 Å². The van der Waals surface area contributed by atoms with Crippen LogP contribution in [0.3, 0.4) is 0 Å². The van der Waals surface area contributed by atoms with Crippen LogP contribution < -0.4 is 5.73 Å². The molecule has 2 N–H and O–H groups in total. The Morgan fingerprint density at radius 1 is 1.53 bits per heavy atom. The van der Waals surface area contributed by atoms with Crippen LogP contribution in [0.4, 0.5) is 0 Å². The Balaban J connectivity index is 2.13. The lowest BCUT2D eigenvalue weighted by molar-refractivity contribution is 0.105. The minimum Gasteiger partial charge on any atom is -0.381 e. The first-order chi connectivity index (χ1) is 7.22. The molecule has 1 aromatic heterocycles. The van der Waals surface area contributed by atoms with Gasteiger partial charge in [0.25, 0.3) is 0 Å². The van der Waals surface area contributed by atoms with Gasteiger partial charge in [0.1, 0.15) is 0 Å². The van der Waals surface area contributed by atoms with E-state index >= 15 is 0 Å². The summed E-state index contributed by atoms with van der Waals surface area (Å²) >= 11 is 0. The Morgan fingerprint density at radius 2 is 2.33 bits per heavy atom. The van der Waals surface area contributed by atoms with Crippen LogP contribution in [0.1, 0.15) is 44.1 Å². The number of nitrogens with zero attached hydrogens (tertiary/aromatic N) is 4. The van der Waals surface area contributed by atoms with Gasteiger partial charge in [-0.1, -0.05) is 0 Å². The molecule has 0 aromatic carbocycles. The summed E-state index contributed by atoms with van der Waals surface area (Å²) in [7, 11) is 1.75. The average Bonchev–Trinajstić information content (AvgIpc) is 2.85. The Kier molecular flexibility index (Phi) is 2.97. The fourth-order valence-electron chi connectivity index (χ4n) is 2.11. The molecular weight excluding hydrogens is 194 g/mol. The third kappa shape index (κ3) is 2.00. The van der Waals surface area contributed by atoms with Gasteiger partial charge in [-0.05, 0) is 36.6 Å². The Hall–Kier alpha value is -1.01. The van der Waals surface area contributed by atoms with Gasteiger partial charge in [0, 0.05) is 7.11 Å². The van der Waals surface area contributed by atoms with Crippen molar-refractivity contribution >= 4 is 0 Å². The summed E-state index contributed by atoms with van der Waals surface area (Å²) < 4.78 is 7.18. The largest absolute Gasteiger partial charge is 0.381 e. The number of tetrazole rings is 1. The van der Waals surface area contributed by atoms with E-state index in [1.807, 2.05) is 11.6 Å². The van der Waals surface area contributed by atoms with Crippen LogP contribution in [0, 0.1) is 0 Å². The van der Waals surface area contributed by atoms with Crippen LogP contribution in [-0.4, -0.2) is 33.4 Å². The first-order valence-electron chi connectivity index (χ1n) is 5.28. The molecule has 1 aliphatic carbocycles. The summed E-state index contributed by atoms with van der Waals surface area (Å²) in [5.74, 6) is 0.761. The normalized spacial score (nSPS) is 28.2. The van der Waals surface area contributed by atoms with E-state index < -0.39 is 0 Å².